The summed E-state index contributed by atoms with van der Waals surface area (Å²) in [4.78, 5) is 4.40. The lowest BCUT2D eigenvalue weighted by Gasteiger charge is -2.14. The van der Waals surface area contributed by atoms with E-state index in [9.17, 15) is 13.2 Å². The van der Waals surface area contributed by atoms with Crippen LogP contribution >= 0.6 is 0 Å². The fourth-order valence-corrected chi connectivity index (χ4v) is 2.28. The minimum absolute atomic E-state index is 0.252. The zero-order valence-electron chi connectivity index (χ0n) is 13.8. The molecule has 0 fully saturated rings. The highest BCUT2D eigenvalue weighted by Crippen LogP contribution is 2.24. The summed E-state index contributed by atoms with van der Waals surface area (Å²) < 4.78 is 38.5. The summed E-state index contributed by atoms with van der Waals surface area (Å²) in [6.45, 7) is 5.64. The van der Waals surface area contributed by atoms with Crippen LogP contribution in [0.3, 0.4) is 0 Å². The van der Waals surface area contributed by atoms with E-state index in [0.717, 1.165) is 16.7 Å². The quantitative estimate of drug-likeness (QED) is 0.697. The minimum Gasteiger partial charge on any atom is -0.300 e. The van der Waals surface area contributed by atoms with Gasteiger partial charge in [0.1, 0.15) is 5.71 Å². The van der Waals surface area contributed by atoms with Gasteiger partial charge in [-0.25, -0.2) is 0 Å². The molecular formula is C19H19F3N2. The molecule has 24 heavy (non-hydrogen) atoms. The van der Waals surface area contributed by atoms with Gasteiger partial charge in [0.25, 0.3) is 0 Å². The number of nitrogens with one attached hydrogen (secondary N) is 1. The van der Waals surface area contributed by atoms with E-state index in [-0.39, 0.29) is 5.71 Å². The molecule has 0 atom stereocenters. The number of aliphatic imine (C=N–C) groups is 1. The molecule has 126 valence electrons. The summed E-state index contributed by atoms with van der Waals surface area (Å²) in [6, 6.07) is 12.8. The second-order valence-electron chi connectivity index (χ2n) is 5.87. The van der Waals surface area contributed by atoms with Crippen molar-refractivity contribution < 1.29 is 13.2 Å². The van der Waals surface area contributed by atoms with Crippen molar-refractivity contribution in [2.75, 3.05) is 0 Å². The number of hydrogen-bond acceptors (Lipinski definition) is 2. The molecule has 0 amide bonds. The van der Waals surface area contributed by atoms with Crippen LogP contribution in [0.2, 0.25) is 0 Å². The van der Waals surface area contributed by atoms with Gasteiger partial charge in [0.2, 0.25) is 0 Å². The van der Waals surface area contributed by atoms with Crippen LogP contribution in [0.15, 0.2) is 47.5 Å². The second kappa shape index (κ2) is 6.99. The van der Waals surface area contributed by atoms with Gasteiger partial charge in [-0.3, -0.25) is 4.99 Å². The van der Waals surface area contributed by atoms with Gasteiger partial charge in [-0.1, -0.05) is 35.4 Å². The maximum absolute atomic E-state index is 12.8. The molecule has 0 bridgehead atoms. The van der Waals surface area contributed by atoms with Crippen LogP contribution in [0.5, 0.6) is 0 Å². The lowest BCUT2D eigenvalue weighted by Crippen LogP contribution is -2.25. The van der Waals surface area contributed by atoms with Gasteiger partial charge in [0.15, 0.2) is 0 Å². The Morgan fingerprint density at radius 1 is 0.958 bits per heavy atom. The fourth-order valence-electron chi connectivity index (χ4n) is 2.28. The molecule has 0 aliphatic heterocycles. The first-order valence-electron chi connectivity index (χ1n) is 7.53. The minimum atomic E-state index is -4.65. The van der Waals surface area contributed by atoms with E-state index in [1.807, 2.05) is 51.1 Å². The Bertz CT molecular complexity index is 772. The first-order valence-corrected chi connectivity index (χ1v) is 7.53. The van der Waals surface area contributed by atoms with Crippen LogP contribution in [0, 0.1) is 26.2 Å². The second-order valence-corrected chi connectivity index (χ2v) is 5.87. The number of halogens is 3. The molecule has 0 aromatic heterocycles. The summed E-state index contributed by atoms with van der Waals surface area (Å²) in [5, 5.41) is 7.34. The van der Waals surface area contributed by atoms with Gasteiger partial charge in [0, 0.05) is 6.42 Å². The molecule has 2 aromatic rings. The molecule has 0 heterocycles. The third kappa shape index (κ3) is 4.54. The highest BCUT2D eigenvalue weighted by atomic mass is 19.4. The van der Waals surface area contributed by atoms with E-state index < -0.39 is 18.3 Å². The van der Waals surface area contributed by atoms with Crippen molar-refractivity contribution in [3.63, 3.8) is 0 Å². The predicted molar refractivity (Wildman–Crippen MR) is 91.7 cm³/mol. The first-order chi connectivity index (χ1) is 11.2. The zero-order valence-corrected chi connectivity index (χ0v) is 13.8. The maximum atomic E-state index is 12.8. The van der Waals surface area contributed by atoms with Gasteiger partial charge < -0.3 is 5.41 Å². The molecule has 0 aliphatic rings. The van der Waals surface area contributed by atoms with Crippen LogP contribution in [0.25, 0.3) is 0 Å². The van der Waals surface area contributed by atoms with Crippen LogP contribution in [-0.2, 0) is 0 Å². The van der Waals surface area contributed by atoms with Gasteiger partial charge in [-0.2, -0.15) is 13.2 Å². The number of nitrogens with zero attached hydrogens (tertiary/aromatic N) is 1. The van der Waals surface area contributed by atoms with Crippen LogP contribution in [0.4, 0.5) is 18.9 Å². The molecular weight excluding hydrogens is 313 g/mol. The molecule has 2 rings (SSSR count). The van der Waals surface area contributed by atoms with Gasteiger partial charge >= 0.3 is 6.18 Å². The van der Waals surface area contributed by atoms with Crippen molar-refractivity contribution in [1.82, 2.24) is 0 Å². The molecule has 2 nitrogen and oxygen atoms in total. The first kappa shape index (κ1) is 17.9. The highest BCUT2D eigenvalue weighted by molar-refractivity contribution is 6.14. The van der Waals surface area contributed by atoms with Crippen molar-refractivity contribution in [1.29, 1.82) is 5.41 Å². The Morgan fingerprint density at radius 3 is 2.12 bits per heavy atom. The van der Waals surface area contributed by atoms with Crippen molar-refractivity contribution in [3.05, 3.63) is 64.7 Å². The molecule has 0 radical (unpaired) electrons. The lowest BCUT2D eigenvalue weighted by atomic mass is 9.97. The SMILES string of the molecule is Cc1ccc(N=C(CC(=N)C(F)(F)F)c2cc(C)ccc2C)cc1. The summed E-state index contributed by atoms with van der Waals surface area (Å²) >= 11 is 0. The number of hydrogen-bond donors (Lipinski definition) is 1. The topological polar surface area (TPSA) is 36.2 Å². The largest absolute Gasteiger partial charge is 0.429 e. The smallest absolute Gasteiger partial charge is 0.300 e. The van der Waals surface area contributed by atoms with Crippen molar-refractivity contribution in [3.8, 4) is 0 Å². The Kier molecular flexibility index (Phi) is 5.22. The summed E-state index contributed by atoms with van der Waals surface area (Å²) in [6.07, 6.45) is -5.20. The van der Waals surface area contributed by atoms with Crippen molar-refractivity contribution in [2.24, 2.45) is 4.99 Å². The summed E-state index contributed by atoms with van der Waals surface area (Å²) in [5.74, 6) is 0. The number of rotatable bonds is 4. The standard InChI is InChI=1S/C19H19F3N2/c1-12-5-8-15(9-6-12)24-17(11-18(23)19(20,21)22)16-10-13(2)4-7-14(16)3/h4-10,23H,11H2,1-3H3. The highest BCUT2D eigenvalue weighted by Gasteiger charge is 2.35. The molecule has 2 aromatic carbocycles. The molecule has 0 unspecified atom stereocenters. The summed E-state index contributed by atoms with van der Waals surface area (Å²) in [5.41, 5.74) is 2.99. The maximum Gasteiger partial charge on any atom is 0.429 e. The monoisotopic (exact) mass is 332 g/mol. The van der Waals surface area contributed by atoms with Gasteiger partial charge in [0.05, 0.1) is 11.4 Å². The van der Waals surface area contributed by atoms with Crippen LogP contribution < -0.4 is 0 Å². The van der Waals surface area contributed by atoms with E-state index in [0.29, 0.717) is 11.3 Å². The van der Waals surface area contributed by atoms with Gasteiger partial charge in [-0.05, 0) is 50.1 Å². The van der Waals surface area contributed by atoms with E-state index in [4.69, 9.17) is 5.41 Å². The Hall–Kier alpha value is -2.43. The molecule has 1 N–H and O–H groups in total. The molecule has 0 spiro atoms. The van der Waals surface area contributed by atoms with Crippen LogP contribution in [-0.4, -0.2) is 17.6 Å². The van der Waals surface area contributed by atoms with E-state index in [2.05, 4.69) is 4.99 Å². The van der Waals surface area contributed by atoms with E-state index >= 15 is 0 Å². The average molecular weight is 332 g/mol. The molecule has 0 saturated heterocycles. The predicted octanol–water partition coefficient (Wildman–Crippen LogP) is 5.70. The lowest BCUT2D eigenvalue weighted by molar-refractivity contribution is -0.0605. The fraction of sp³-hybridized carbons (Fsp3) is 0.263. The number of benzene rings is 2. The van der Waals surface area contributed by atoms with Crippen molar-refractivity contribution in [2.45, 2.75) is 33.4 Å². The molecule has 0 aliphatic carbocycles. The Balaban J connectivity index is 2.50. The number of aryl methyl sites for hydroxylation is 3. The zero-order chi connectivity index (χ0) is 17.9. The Labute approximate surface area is 139 Å². The Morgan fingerprint density at radius 2 is 1.54 bits per heavy atom. The summed E-state index contributed by atoms with van der Waals surface area (Å²) in [7, 11) is 0. The molecule has 0 saturated carbocycles. The van der Waals surface area contributed by atoms with E-state index in [1.54, 1.807) is 12.1 Å². The van der Waals surface area contributed by atoms with E-state index in [1.165, 1.54) is 0 Å². The van der Waals surface area contributed by atoms with Crippen molar-refractivity contribution >= 4 is 17.1 Å². The third-order valence-corrected chi connectivity index (χ3v) is 3.69. The normalized spacial score (nSPS) is 12.3. The number of alkyl halides is 3. The average Bonchev–Trinajstić information content (AvgIpc) is 2.50. The van der Waals surface area contributed by atoms with Gasteiger partial charge in [-0.15, -0.1) is 0 Å². The molecule has 5 heteroatoms. The van der Waals surface area contributed by atoms with Crippen LogP contribution in [0.1, 0.15) is 28.7 Å². The third-order valence-electron chi connectivity index (χ3n) is 3.69.